The number of carbonyl (C=O) groups excluding carboxylic acids is 1. The molecular formula is C26H24N2O3. The first-order chi connectivity index (χ1) is 15.0. The number of pyridine rings is 1. The van der Waals surface area contributed by atoms with Gasteiger partial charge >= 0.3 is 0 Å². The van der Waals surface area contributed by atoms with Crippen LogP contribution in [0.4, 0.5) is 5.69 Å². The normalized spacial score (nSPS) is 10.8. The molecule has 0 N–H and O–H groups in total. The van der Waals surface area contributed by atoms with Gasteiger partial charge in [0.05, 0.1) is 12.7 Å². The predicted octanol–water partition coefficient (Wildman–Crippen LogP) is 4.84. The van der Waals surface area contributed by atoms with Gasteiger partial charge in [-0.15, -0.1) is 0 Å². The first kappa shape index (κ1) is 20.4. The van der Waals surface area contributed by atoms with Crippen LogP contribution in [0.25, 0.3) is 16.5 Å². The van der Waals surface area contributed by atoms with Crippen molar-refractivity contribution in [2.24, 2.45) is 0 Å². The van der Waals surface area contributed by atoms with E-state index >= 15 is 0 Å². The molecule has 0 unspecified atom stereocenters. The Morgan fingerprint density at radius 3 is 2.26 bits per heavy atom. The van der Waals surface area contributed by atoms with Gasteiger partial charge in [-0.1, -0.05) is 43.3 Å². The van der Waals surface area contributed by atoms with E-state index < -0.39 is 0 Å². The molecule has 1 amide bonds. The summed E-state index contributed by atoms with van der Waals surface area (Å²) in [6.07, 6.45) is 2.46. The highest BCUT2D eigenvalue weighted by Crippen LogP contribution is 2.25. The van der Waals surface area contributed by atoms with Gasteiger partial charge in [0.25, 0.3) is 11.5 Å². The van der Waals surface area contributed by atoms with Crippen LogP contribution >= 0.6 is 0 Å². The summed E-state index contributed by atoms with van der Waals surface area (Å²) in [6, 6.07) is 22.3. The molecule has 0 saturated carbocycles. The molecule has 0 saturated heterocycles. The molecule has 5 nitrogen and oxygen atoms in total. The number of nitrogens with zero attached hydrogens (tertiary/aromatic N) is 2. The van der Waals surface area contributed by atoms with Gasteiger partial charge < -0.3 is 9.64 Å². The zero-order valence-electron chi connectivity index (χ0n) is 17.8. The molecule has 1 aromatic heterocycles. The summed E-state index contributed by atoms with van der Waals surface area (Å²) in [7, 11) is 3.37. The van der Waals surface area contributed by atoms with E-state index in [0.29, 0.717) is 27.8 Å². The number of anilines is 1. The molecule has 0 spiro atoms. The monoisotopic (exact) mass is 412 g/mol. The fraction of sp³-hybridized carbons (Fsp3) is 0.154. The van der Waals surface area contributed by atoms with Crippen LogP contribution in [0.3, 0.4) is 0 Å². The molecular weight excluding hydrogens is 388 g/mol. The standard InChI is InChI=1S/C26H24N2O3/c1-4-18-9-5-8-12-24(18)27(2)25(29)23-17-28(19-13-15-20(31-3)16-14-19)26(30)22-11-7-6-10-21(22)23/h5-17H,4H2,1-3H3. The molecule has 0 fully saturated rings. The van der Waals surface area contributed by atoms with E-state index in [2.05, 4.69) is 6.92 Å². The van der Waals surface area contributed by atoms with Gasteiger partial charge in [0.2, 0.25) is 0 Å². The van der Waals surface area contributed by atoms with E-state index in [9.17, 15) is 9.59 Å². The second-order valence-electron chi connectivity index (χ2n) is 7.31. The maximum Gasteiger partial charge on any atom is 0.262 e. The molecule has 156 valence electrons. The summed E-state index contributed by atoms with van der Waals surface area (Å²) >= 11 is 0. The van der Waals surface area contributed by atoms with Crippen LogP contribution in [-0.2, 0) is 6.42 Å². The van der Waals surface area contributed by atoms with E-state index in [4.69, 9.17) is 4.74 Å². The third-order valence-corrected chi connectivity index (χ3v) is 5.54. The Balaban J connectivity index is 1.89. The number of hydrogen-bond donors (Lipinski definition) is 0. The maximum atomic E-state index is 13.6. The van der Waals surface area contributed by atoms with Crippen LogP contribution in [0.2, 0.25) is 0 Å². The van der Waals surface area contributed by atoms with Crippen molar-refractivity contribution in [2.75, 3.05) is 19.1 Å². The van der Waals surface area contributed by atoms with Crippen LogP contribution in [0.1, 0.15) is 22.8 Å². The number of aromatic nitrogens is 1. The SMILES string of the molecule is CCc1ccccc1N(C)C(=O)c1cn(-c2ccc(OC)cc2)c(=O)c2ccccc12. The molecule has 0 aliphatic carbocycles. The zero-order chi connectivity index (χ0) is 22.0. The predicted molar refractivity (Wildman–Crippen MR) is 125 cm³/mol. The Bertz CT molecular complexity index is 1310. The summed E-state index contributed by atoms with van der Waals surface area (Å²) in [4.78, 5) is 28.5. The van der Waals surface area contributed by atoms with Crippen LogP contribution in [-0.4, -0.2) is 24.6 Å². The summed E-state index contributed by atoms with van der Waals surface area (Å²) in [5, 5.41) is 1.14. The average molecular weight is 412 g/mol. The molecule has 0 aliphatic heterocycles. The van der Waals surface area contributed by atoms with Crippen molar-refractivity contribution < 1.29 is 9.53 Å². The Morgan fingerprint density at radius 1 is 0.935 bits per heavy atom. The Labute approximate surface area is 181 Å². The number of para-hydroxylation sites is 1. The lowest BCUT2D eigenvalue weighted by Gasteiger charge is -2.22. The molecule has 5 heteroatoms. The number of methoxy groups -OCH3 is 1. The lowest BCUT2D eigenvalue weighted by molar-refractivity contribution is 0.0994. The largest absolute Gasteiger partial charge is 0.497 e. The van der Waals surface area contributed by atoms with Crippen molar-refractivity contribution in [3.05, 3.63) is 100 Å². The number of amides is 1. The fourth-order valence-corrected chi connectivity index (χ4v) is 3.82. The number of ether oxygens (including phenoxy) is 1. The quantitative estimate of drug-likeness (QED) is 0.471. The third-order valence-electron chi connectivity index (χ3n) is 5.54. The molecule has 1 heterocycles. The molecule has 0 aliphatic rings. The Morgan fingerprint density at radius 2 is 1.58 bits per heavy atom. The Kier molecular flexibility index (Phi) is 5.58. The van der Waals surface area contributed by atoms with Crippen molar-refractivity contribution in [1.82, 2.24) is 4.57 Å². The van der Waals surface area contributed by atoms with Crippen molar-refractivity contribution in [1.29, 1.82) is 0 Å². The van der Waals surface area contributed by atoms with Crippen LogP contribution in [0.15, 0.2) is 83.8 Å². The van der Waals surface area contributed by atoms with Gasteiger partial charge in [0.1, 0.15) is 5.75 Å². The number of aryl methyl sites for hydroxylation is 1. The molecule has 0 radical (unpaired) electrons. The van der Waals surface area contributed by atoms with Gasteiger partial charge in [-0.25, -0.2) is 0 Å². The molecule has 4 rings (SSSR count). The van der Waals surface area contributed by atoms with Crippen molar-refractivity contribution in [3.8, 4) is 11.4 Å². The van der Waals surface area contributed by atoms with Gasteiger partial charge in [-0.05, 0) is 48.4 Å². The van der Waals surface area contributed by atoms with Crippen molar-refractivity contribution in [3.63, 3.8) is 0 Å². The Hall–Kier alpha value is -3.86. The highest BCUT2D eigenvalue weighted by atomic mass is 16.5. The average Bonchev–Trinajstić information content (AvgIpc) is 2.83. The zero-order valence-corrected chi connectivity index (χ0v) is 17.8. The molecule has 0 bridgehead atoms. The van der Waals surface area contributed by atoms with Crippen LogP contribution < -0.4 is 15.2 Å². The highest BCUT2D eigenvalue weighted by Gasteiger charge is 2.21. The maximum absolute atomic E-state index is 13.6. The number of rotatable bonds is 5. The molecule has 3 aromatic carbocycles. The van der Waals surface area contributed by atoms with Gasteiger partial charge in [-0.2, -0.15) is 0 Å². The van der Waals surface area contributed by atoms with E-state index in [1.165, 1.54) is 4.57 Å². The smallest absolute Gasteiger partial charge is 0.262 e. The molecule has 31 heavy (non-hydrogen) atoms. The van der Waals surface area contributed by atoms with Crippen molar-refractivity contribution in [2.45, 2.75) is 13.3 Å². The second-order valence-corrected chi connectivity index (χ2v) is 7.31. The first-order valence-electron chi connectivity index (χ1n) is 10.2. The van der Waals surface area contributed by atoms with E-state index in [0.717, 1.165) is 17.7 Å². The first-order valence-corrected chi connectivity index (χ1v) is 10.2. The van der Waals surface area contributed by atoms with E-state index in [-0.39, 0.29) is 11.5 Å². The summed E-state index contributed by atoms with van der Waals surface area (Å²) in [5.74, 6) is 0.532. The molecule has 4 aromatic rings. The van der Waals surface area contributed by atoms with Gasteiger partial charge in [0.15, 0.2) is 0 Å². The van der Waals surface area contributed by atoms with E-state index in [1.807, 2.05) is 42.5 Å². The number of benzene rings is 3. The highest BCUT2D eigenvalue weighted by molar-refractivity contribution is 6.13. The van der Waals surface area contributed by atoms with Crippen LogP contribution in [0, 0.1) is 0 Å². The minimum absolute atomic E-state index is 0.167. The number of hydrogen-bond acceptors (Lipinski definition) is 3. The number of carbonyl (C=O) groups is 1. The van der Waals surface area contributed by atoms with Crippen molar-refractivity contribution >= 4 is 22.4 Å². The summed E-state index contributed by atoms with van der Waals surface area (Å²) in [5.41, 5.74) is 2.92. The summed E-state index contributed by atoms with van der Waals surface area (Å²) in [6.45, 7) is 2.07. The second kappa shape index (κ2) is 8.48. The third kappa shape index (κ3) is 3.70. The number of fused-ring (bicyclic) bond motifs is 1. The minimum Gasteiger partial charge on any atom is -0.497 e. The van der Waals surface area contributed by atoms with Gasteiger partial charge in [-0.3, -0.25) is 14.2 Å². The topological polar surface area (TPSA) is 51.5 Å². The van der Waals surface area contributed by atoms with Crippen LogP contribution in [0.5, 0.6) is 5.75 Å². The lowest BCUT2D eigenvalue weighted by Crippen LogP contribution is -2.29. The lowest BCUT2D eigenvalue weighted by atomic mass is 10.0. The molecule has 0 atom stereocenters. The van der Waals surface area contributed by atoms with E-state index in [1.54, 1.807) is 55.6 Å². The summed E-state index contributed by atoms with van der Waals surface area (Å²) < 4.78 is 6.74. The fourth-order valence-electron chi connectivity index (χ4n) is 3.82. The van der Waals surface area contributed by atoms with Gasteiger partial charge in [0, 0.05) is 35.4 Å². The minimum atomic E-state index is -0.172.